The lowest BCUT2D eigenvalue weighted by Crippen LogP contribution is -2.84. The van der Waals surface area contributed by atoms with Gasteiger partial charge in [-0.25, -0.2) is 4.39 Å². The Hall–Kier alpha value is -2.53. The lowest BCUT2D eigenvalue weighted by molar-refractivity contribution is -0.357. The van der Waals surface area contributed by atoms with Gasteiger partial charge in [-0.3, -0.25) is 19.1 Å². The van der Waals surface area contributed by atoms with Crippen LogP contribution < -0.4 is 5.32 Å². The van der Waals surface area contributed by atoms with Gasteiger partial charge in [0.05, 0.1) is 18.8 Å². The second-order valence-electron chi connectivity index (χ2n) is 8.84. The topological polar surface area (TPSA) is 84.9 Å². The molecule has 0 atom stereocenters. The third-order valence-electron chi connectivity index (χ3n) is 6.41. The highest BCUT2D eigenvalue weighted by Gasteiger charge is 2.71. The first-order chi connectivity index (χ1) is 15.0. The van der Waals surface area contributed by atoms with Crippen LogP contribution in [0.15, 0.2) is 24.3 Å². The van der Waals surface area contributed by atoms with Crippen LogP contribution in [0.1, 0.15) is 42.5 Å². The van der Waals surface area contributed by atoms with Gasteiger partial charge in [-0.05, 0) is 31.4 Å². The van der Waals surface area contributed by atoms with Crippen LogP contribution in [0.2, 0.25) is 0 Å². The fourth-order valence-corrected chi connectivity index (χ4v) is 4.86. The number of amides is 2. The number of halogens is 4. The number of ketones is 1. The quantitative estimate of drug-likeness (QED) is 0.331. The van der Waals surface area contributed by atoms with Gasteiger partial charge < -0.3 is 15.0 Å². The van der Waals surface area contributed by atoms with Crippen LogP contribution in [-0.4, -0.2) is 65.8 Å². The van der Waals surface area contributed by atoms with Crippen molar-refractivity contribution in [1.29, 1.82) is 0 Å². The molecule has 4 aliphatic carbocycles. The Labute approximate surface area is 181 Å². The highest BCUT2D eigenvalue weighted by Crippen LogP contribution is 2.63. The molecule has 4 fully saturated rings. The number of hydrogen-bond acceptors (Lipinski definition) is 5. The first kappa shape index (κ1) is 22.7. The highest BCUT2D eigenvalue weighted by molar-refractivity contribution is 5.98. The second kappa shape index (κ2) is 8.11. The summed E-state index contributed by atoms with van der Waals surface area (Å²) in [5, 5.41) is 2.86. The first-order valence-electron chi connectivity index (χ1n) is 10.2. The molecule has 5 rings (SSSR count). The second-order valence-corrected chi connectivity index (χ2v) is 8.84. The first-order valence-corrected chi connectivity index (χ1v) is 10.2. The van der Waals surface area contributed by atoms with E-state index in [0.29, 0.717) is 25.7 Å². The Morgan fingerprint density at radius 1 is 1.19 bits per heavy atom. The van der Waals surface area contributed by atoms with Gasteiger partial charge in [0.15, 0.2) is 5.78 Å². The zero-order valence-corrected chi connectivity index (χ0v) is 17.0. The molecule has 0 aliphatic heterocycles. The molecular formula is C21H22F4N2O5. The molecule has 7 nitrogen and oxygen atoms in total. The zero-order chi connectivity index (χ0) is 23.1. The predicted octanol–water partition coefficient (Wildman–Crippen LogP) is 2.34. The van der Waals surface area contributed by atoms with Crippen LogP contribution in [0.4, 0.5) is 17.6 Å². The summed E-state index contributed by atoms with van der Waals surface area (Å²) >= 11 is 0. The van der Waals surface area contributed by atoms with Crippen LogP contribution in [-0.2, 0) is 19.1 Å². The third kappa shape index (κ3) is 4.63. The fourth-order valence-electron chi connectivity index (χ4n) is 4.86. The van der Waals surface area contributed by atoms with Crippen molar-refractivity contribution in [2.75, 3.05) is 13.2 Å². The van der Waals surface area contributed by atoms with Crippen molar-refractivity contribution in [3.05, 3.63) is 35.6 Å². The number of nitrogens with one attached hydrogen (secondary N) is 1. The Morgan fingerprint density at radius 2 is 1.88 bits per heavy atom. The molecule has 0 aromatic heterocycles. The number of ether oxygens (including phenoxy) is 2. The molecule has 11 heteroatoms. The summed E-state index contributed by atoms with van der Waals surface area (Å²) in [5.74, 6) is -1.29. The lowest BCUT2D eigenvalue weighted by Gasteiger charge is -2.72. The number of nitrogens with zero attached hydrogens (tertiary/aromatic N) is 1. The summed E-state index contributed by atoms with van der Waals surface area (Å²) in [6, 6.07) is 5.26. The van der Waals surface area contributed by atoms with Gasteiger partial charge in [-0.2, -0.15) is 0 Å². The molecule has 0 spiro atoms. The third-order valence-corrected chi connectivity index (χ3v) is 6.41. The molecule has 0 saturated heterocycles. The molecule has 1 aromatic carbocycles. The van der Waals surface area contributed by atoms with E-state index in [4.69, 9.17) is 4.74 Å². The van der Waals surface area contributed by atoms with Crippen molar-refractivity contribution in [3.63, 3.8) is 0 Å². The normalized spacial score (nSPS) is 30.4. The standard InChI is InChI=1S/C21H22F4N2O5/c22-14-3-1-2-13(4-14)17(29)7-27(12-28)20-9-19(10-20,11-20)26-18(30)8-31-15-5-16(6-15)32-21(23,24)25/h1-4,12,15-16H,5-11H2,(H,26,30). The van der Waals surface area contributed by atoms with Gasteiger partial charge in [0.2, 0.25) is 12.3 Å². The largest absolute Gasteiger partial charge is 0.522 e. The number of rotatable bonds is 10. The number of Topliss-reactive ketones (excluding diaryl/α,β-unsaturated/α-hetero) is 1. The van der Waals surface area contributed by atoms with Gasteiger partial charge in [0.25, 0.3) is 0 Å². The average Bonchev–Trinajstić information content (AvgIpc) is 2.62. The molecule has 1 aromatic rings. The Morgan fingerprint density at radius 3 is 2.47 bits per heavy atom. The summed E-state index contributed by atoms with van der Waals surface area (Å²) in [6.07, 6.45) is -3.84. The number of alkyl halides is 3. The molecule has 1 N–H and O–H groups in total. The number of hydrogen-bond donors (Lipinski definition) is 1. The van der Waals surface area contributed by atoms with Crippen LogP contribution in [0.3, 0.4) is 0 Å². The van der Waals surface area contributed by atoms with Crippen molar-refractivity contribution in [2.45, 2.75) is 61.8 Å². The SMILES string of the molecule is O=CN(CC(=O)c1cccc(F)c1)C12CC(NC(=O)COC3CC(OC(F)(F)F)C3)(C1)C2. The van der Waals surface area contributed by atoms with E-state index in [2.05, 4.69) is 10.1 Å². The zero-order valence-electron chi connectivity index (χ0n) is 17.0. The van der Waals surface area contributed by atoms with E-state index < -0.39 is 35.5 Å². The van der Waals surface area contributed by atoms with E-state index in [9.17, 15) is 31.9 Å². The maximum Gasteiger partial charge on any atom is 0.522 e. The van der Waals surface area contributed by atoms with Crippen LogP contribution >= 0.6 is 0 Å². The Balaban J connectivity index is 1.18. The minimum Gasteiger partial charge on any atom is -0.368 e. The number of carbonyl (C=O) groups is 3. The van der Waals surface area contributed by atoms with Crippen molar-refractivity contribution >= 4 is 18.1 Å². The van der Waals surface area contributed by atoms with Gasteiger partial charge in [0, 0.05) is 29.5 Å². The minimum absolute atomic E-state index is 0.0781. The molecule has 0 heterocycles. The molecule has 4 saturated carbocycles. The highest BCUT2D eigenvalue weighted by atomic mass is 19.4. The van der Waals surface area contributed by atoms with Gasteiger partial charge in [-0.1, -0.05) is 12.1 Å². The number of benzene rings is 1. The van der Waals surface area contributed by atoms with Crippen molar-refractivity contribution in [3.8, 4) is 0 Å². The molecule has 0 unspecified atom stereocenters. The molecular weight excluding hydrogens is 436 g/mol. The molecule has 174 valence electrons. The van der Waals surface area contributed by atoms with E-state index in [1.165, 1.54) is 23.1 Å². The molecule has 0 radical (unpaired) electrons. The molecule has 4 aliphatic rings. The van der Waals surface area contributed by atoms with Crippen LogP contribution in [0.5, 0.6) is 0 Å². The number of carbonyl (C=O) groups excluding carboxylic acids is 3. The molecule has 2 bridgehead atoms. The van der Waals surface area contributed by atoms with Crippen LogP contribution in [0.25, 0.3) is 0 Å². The predicted molar refractivity (Wildman–Crippen MR) is 101 cm³/mol. The summed E-state index contributed by atoms with van der Waals surface area (Å²) in [5.41, 5.74) is -0.789. The summed E-state index contributed by atoms with van der Waals surface area (Å²) < 4.78 is 58.8. The molecule has 32 heavy (non-hydrogen) atoms. The van der Waals surface area contributed by atoms with Crippen LogP contribution in [0, 0.1) is 5.82 Å². The van der Waals surface area contributed by atoms with E-state index in [1.807, 2.05) is 0 Å². The maximum atomic E-state index is 13.3. The smallest absolute Gasteiger partial charge is 0.368 e. The van der Waals surface area contributed by atoms with E-state index >= 15 is 0 Å². The van der Waals surface area contributed by atoms with Crippen molar-refractivity contribution in [1.82, 2.24) is 10.2 Å². The van der Waals surface area contributed by atoms with Gasteiger partial charge in [0.1, 0.15) is 12.4 Å². The summed E-state index contributed by atoms with van der Waals surface area (Å²) in [7, 11) is 0. The Bertz CT molecular complexity index is 896. The minimum atomic E-state index is -4.68. The van der Waals surface area contributed by atoms with Crippen molar-refractivity contribution in [2.24, 2.45) is 0 Å². The van der Waals surface area contributed by atoms with E-state index in [0.717, 1.165) is 6.07 Å². The van der Waals surface area contributed by atoms with Gasteiger partial charge >= 0.3 is 6.36 Å². The Kier molecular flexibility index (Phi) is 5.74. The summed E-state index contributed by atoms with van der Waals surface area (Å²) in [4.78, 5) is 37.5. The maximum absolute atomic E-state index is 13.3. The van der Waals surface area contributed by atoms with Crippen molar-refractivity contribution < 1.29 is 41.4 Å². The van der Waals surface area contributed by atoms with E-state index in [-0.39, 0.29) is 43.2 Å². The van der Waals surface area contributed by atoms with E-state index in [1.54, 1.807) is 0 Å². The summed E-state index contributed by atoms with van der Waals surface area (Å²) in [6.45, 7) is -0.448. The average molecular weight is 458 g/mol. The fraction of sp³-hybridized carbons (Fsp3) is 0.571. The molecule has 2 amide bonds. The van der Waals surface area contributed by atoms with Gasteiger partial charge in [-0.15, -0.1) is 13.2 Å². The lowest BCUT2D eigenvalue weighted by atomic mass is 9.43. The monoisotopic (exact) mass is 458 g/mol.